The smallest absolute Gasteiger partial charge is 0.222 e. The second-order valence-electron chi connectivity index (χ2n) is 4.91. The van der Waals surface area contributed by atoms with Gasteiger partial charge in [-0.25, -0.2) is 0 Å². The van der Waals surface area contributed by atoms with Gasteiger partial charge in [-0.15, -0.1) is 0 Å². The third-order valence-electron chi connectivity index (χ3n) is 3.39. The Balaban J connectivity index is 2.00. The first-order valence-corrected chi connectivity index (χ1v) is 6.72. The van der Waals surface area contributed by atoms with Crippen LogP contribution >= 0.6 is 0 Å². The predicted molar refractivity (Wildman–Crippen MR) is 67.4 cm³/mol. The number of hydrogen-bond donors (Lipinski definition) is 1. The Morgan fingerprint density at radius 1 is 1.44 bits per heavy atom. The number of carbonyl (C=O) groups excluding carboxylic acids is 1. The van der Waals surface area contributed by atoms with Crippen molar-refractivity contribution in [2.75, 3.05) is 26.2 Å². The Morgan fingerprint density at radius 3 is 2.94 bits per heavy atom. The fraction of sp³-hybridized carbons (Fsp3) is 0.923. The molecule has 0 saturated carbocycles. The summed E-state index contributed by atoms with van der Waals surface area (Å²) < 4.78 is 0. The normalized spacial score (nSPS) is 18.9. The first-order valence-electron chi connectivity index (χ1n) is 6.72. The molecule has 94 valence electrons. The zero-order valence-electron chi connectivity index (χ0n) is 10.8. The van der Waals surface area contributed by atoms with Crippen molar-refractivity contribution in [3.8, 4) is 0 Å². The summed E-state index contributed by atoms with van der Waals surface area (Å²) >= 11 is 0. The molecule has 1 unspecified atom stereocenters. The Kier molecular flexibility index (Phi) is 6.46. The highest BCUT2D eigenvalue weighted by Gasteiger charge is 2.16. The number of piperidine rings is 1. The zero-order valence-corrected chi connectivity index (χ0v) is 10.8. The minimum atomic E-state index is 0.355. The van der Waals surface area contributed by atoms with Gasteiger partial charge in [0, 0.05) is 19.5 Å². The van der Waals surface area contributed by atoms with Crippen molar-refractivity contribution in [1.82, 2.24) is 10.2 Å². The van der Waals surface area contributed by atoms with Crippen LogP contribution in [-0.2, 0) is 4.79 Å². The van der Waals surface area contributed by atoms with Crippen LogP contribution in [0.2, 0.25) is 0 Å². The molecular formula is C13H26N2O. The van der Waals surface area contributed by atoms with Crippen LogP contribution in [0.1, 0.15) is 46.0 Å². The molecule has 1 saturated heterocycles. The summed E-state index contributed by atoms with van der Waals surface area (Å²) in [5.74, 6) is 1.12. The molecule has 1 fully saturated rings. The van der Waals surface area contributed by atoms with E-state index in [0.29, 0.717) is 5.91 Å². The Labute approximate surface area is 99.6 Å². The van der Waals surface area contributed by atoms with Crippen molar-refractivity contribution in [2.45, 2.75) is 46.0 Å². The second kappa shape index (κ2) is 7.66. The predicted octanol–water partition coefficient (Wildman–Crippen LogP) is 2.02. The summed E-state index contributed by atoms with van der Waals surface area (Å²) in [4.78, 5) is 13.5. The summed E-state index contributed by atoms with van der Waals surface area (Å²) in [6, 6.07) is 0. The van der Waals surface area contributed by atoms with E-state index in [4.69, 9.17) is 0 Å². The van der Waals surface area contributed by atoms with E-state index in [2.05, 4.69) is 19.2 Å². The topological polar surface area (TPSA) is 32.3 Å². The van der Waals surface area contributed by atoms with Crippen LogP contribution in [0.4, 0.5) is 0 Å². The van der Waals surface area contributed by atoms with Crippen molar-refractivity contribution in [3.05, 3.63) is 0 Å². The molecule has 1 heterocycles. The lowest BCUT2D eigenvalue weighted by Gasteiger charge is -2.26. The van der Waals surface area contributed by atoms with Crippen LogP contribution in [0, 0.1) is 5.92 Å². The van der Waals surface area contributed by atoms with Crippen molar-refractivity contribution in [1.29, 1.82) is 0 Å². The van der Waals surface area contributed by atoms with E-state index in [9.17, 15) is 4.79 Å². The molecule has 3 nitrogen and oxygen atoms in total. The maximum Gasteiger partial charge on any atom is 0.222 e. The maximum absolute atomic E-state index is 11.5. The molecule has 1 rings (SSSR count). The fourth-order valence-corrected chi connectivity index (χ4v) is 1.99. The largest absolute Gasteiger partial charge is 0.343 e. The fourth-order valence-electron chi connectivity index (χ4n) is 1.99. The highest BCUT2D eigenvalue weighted by molar-refractivity contribution is 5.76. The van der Waals surface area contributed by atoms with Gasteiger partial charge in [-0.3, -0.25) is 4.79 Å². The molecule has 0 aliphatic carbocycles. The van der Waals surface area contributed by atoms with Crippen molar-refractivity contribution in [2.24, 2.45) is 5.92 Å². The number of carbonyl (C=O) groups is 1. The third-order valence-corrected chi connectivity index (χ3v) is 3.39. The van der Waals surface area contributed by atoms with E-state index in [1.807, 2.05) is 4.90 Å². The lowest BCUT2D eigenvalue weighted by molar-refractivity contribution is -0.133. The molecule has 0 radical (unpaired) electrons. The highest BCUT2D eigenvalue weighted by atomic mass is 16.2. The Hall–Kier alpha value is -0.570. The second-order valence-corrected chi connectivity index (χ2v) is 4.91. The summed E-state index contributed by atoms with van der Waals surface area (Å²) in [5, 5.41) is 3.45. The SMILES string of the molecule is CCC(C)CNCCCN1CCCCC1=O. The van der Waals surface area contributed by atoms with Crippen LogP contribution in [0.15, 0.2) is 0 Å². The monoisotopic (exact) mass is 226 g/mol. The van der Waals surface area contributed by atoms with E-state index in [-0.39, 0.29) is 0 Å². The average molecular weight is 226 g/mol. The summed E-state index contributed by atoms with van der Waals surface area (Å²) in [6.45, 7) is 8.54. The van der Waals surface area contributed by atoms with E-state index in [1.165, 1.54) is 12.8 Å². The van der Waals surface area contributed by atoms with Gasteiger partial charge in [-0.2, -0.15) is 0 Å². The van der Waals surface area contributed by atoms with Crippen LogP contribution in [0.25, 0.3) is 0 Å². The molecule has 1 amide bonds. The van der Waals surface area contributed by atoms with Crippen LogP contribution in [0.5, 0.6) is 0 Å². The summed E-state index contributed by atoms with van der Waals surface area (Å²) in [5.41, 5.74) is 0. The molecule has 3 heteroatoms. The Morgan fingerprint density at radius 2 is 2.25 bits per heavy atom. The highest BCUT2D eigenvalue weighted by Crippen LogP contribution is 2.10. The minimum absolute atomic E-state index is 0.355. The van der Waals surface area contributed by atoms with Gasteiger partial charge in [0.2, 0.25) is 5.91 Å². The molecule has 16 heavy (non-hydrogen) atoms. The van der Waals surface area contributed by atoms with Gasteiger partial charge in [-0.1, -0.05) is 20.3 Å². The van der Waals surface area contributed by atoms with E-state index >= 15 is 0 Å². The molecule has 1 aliphatic heterocycles. The first kappa shape index (κ1) is 13.5. The van der Waals surface area contributed by atoms with Gasteiger partial charge in [0.15, 0.2) is 0 Å². The molecule has 0 spiro atoms. The van der Waals surface area contributed by atoms with Gasteiger partial charge in [0.25, 0.3) is 0 Å². The summed E-state index contributed by atoms with van der Waals surface area (Å²) in [6.07, 6.45) is 5.35. The first-order chi connectivity index (χ1) is 7.74. The van der Waals surface area contributed by atoms with Gasteiger partial charge in [-0.05, 0) is 38.3 Å². The molecule has 1 N–H and O–H groups in total. The number of nitrogens with zero attached hydrogens (tertiary/aromatic N) is 1. The standard InChI is InChI=1S/C13H26N2O/c1-3-12(2)11-14-8-6-10-15-9-5-4-7-13(15)16/h12,14H,3-11H2,1-2H3. The van der Waals surface area contributed by atoms with Crippen LogP contribution in [-0.4, -0.2) is 37.0 Å². The molecule has 0 aromatic carbocycles. The molecular weight excluding hydrogens is 200 g/mol. The molecule has 0 aromatic rings. The molecule has 0 bridgehead atoms. The van der Waals surface area contributed by atoms with Crippen molar-refractivity contribution < 1.29 is 4.79 Å². The number of amides is 1. The van der Waals surface area contributed by atoms with E-state index in [0.717, 1.165) is 51.4 Å². The number of nitrogens with one attached hydrogen (secondary N) is 1. The average Bonchev–Trinajstić information content (AvgIpc) is 2.30. The third kappa shape index (κ3) is 4.97. The molecule has 0 aromatic heterocycles. The van der Waals surface area contributed by atoms with Gasteiger partial charge < -0.3 is 10.2 Å². The minimum Gasteiger partial charge on any atom is -0.343 e. The van der Waals surface area contributed by atoms with Gasteiger partial charge >= 0.3 is 0 Å². The van der Waals surface area contributed by atoms with Crippen molar-refractivity contribution >= 4 is 5.91 Å². The van der Waals surface area contributed by atoms with Crippen LogP contribution in [0.3, 0.4) is 0 Å². The quantitative estimate of drug-likeness (QED) is 0.674. The van der Waals surface area contributed by atoms with E-state index in [1.54, 1.807) is 0 Å². The van der Waals surface area contributed by atoms with Crippen molar-refractivity contribution in [3.63, 3.8) is 0 Å². The van der Waals surface area contributed by atoms with Gasteiger partial charge in [0.05, 0.1) is 0 Å². The van der Waals surface area contributed by atoms with Gasteiger partial charge in [0.1, 0.15) is 0 Å². The number of hydrogen-bond acceptors (Lipinski definition) is 2. The Bertz CT molecular complexity index is 206. The van der Waals surface area contributed by atoms with E-state index < -0.39 is 0 Å². The number of likely N-dealkylation sites (tertiary alicyclic amines) is 1. The lowest BCUT2D eigenvalue weighted by atomic mass is 10.1. The zero-order chi connectivity index (χ0) is 11.8. The lowest BCUT2D eigenvalue weighted by Crippen LogP contribution is -2.37. The van der Waals surface area contributed by atoms with Crippen LogP contribution < -0.4 is 5.32 Å². The number of rotatable bonds is 7. The summed E-state index contributed by atoms with van der Waals surface area (Å²) in [7, 11) is 0. The maximum atomic E-state index is 11.5. The molecule has 1 aliphatic rings. The molecule has 1 atom stereocenters.